The highest BCUT2D eigenvalue weighted by molar-refractivity contribution is 6.35. The quantitative estimate of drug-likeness (QED) is 0.747. The van der Waals surface area contributed by atoms with Gasteiger partial charge in [0.25, 0.3) is 5.91 Å². The molecule has 0 saturated heterocycles. The summed E-state index contributed by atoms with van der Waals surface area (Å²) >= 11 is 12.1. The first-order valence-electron chi connectivity index (χ1n) is 8.78. The van der Waals surface area contributed by atoms with Crippen molar-refractivity contribution in [3.05, 3.63) is 39.9 Å². The number of aliphatic hydroxyl groups is 1. The lowest BCUT2D eigenvalue weighted by atomic mass is 9.82. The maximum atomic E-state index is 12.7. The molecule has 0 aliphatic heterocycles. The van der Waals surface area contributed by atoms with Crippen LogP contribution in [0.4, 0.5) is 0 Å². The summed E-state index contributed by atoms with van der Waals surface area (Å²) < 4.78 is 0. The van der Waals surface area contributed by atoms with Gasteiger partial charge in [0.15, 0.2) is 0 Å². The van der Waals surface area contributed by atoms with Crippen molar-refractivity contribution in [1.82, 2.24) is 5.32 Å². The standard InChI is InChI=1S/C20H27Cl2NO2/c1-19(2,3)17(10-8-14-7-9-15(21)13-16(14)22)23-18(24)20(25)11-5-4-6-12-20/h7-10,13,17,25H,4-6,11-12H2,1-3H3,(H,23,24). The highest BCUT2D eigenvalue weighted by Gasteiger charge is 2.39. The molecule has 0 heterocycles. The molecule has 1 aliphatic carbocycles. The van der Waals surface area contributed by atoms with Gasteiger partial charge in [-0.2, -0.15) is 0 Å². The molecule has 1 aromatic rings. The second-order valence-corrected chi connectivity index (χ2v) is 8.78. The minimum absolute atomic E-state index is 0.198. The fourth-order valence-corrected chi connectivity index (χ4v) is 3.50. The number of benzene rings is 1. The SMILES string of the molecule is CC(C)(C)C(C=Cc1ccc(Cl)cc1Cl)NC(=O)C1(O)CCCCC1. The molecule has 0 bridgehead atoms. The van der Waals surface area contributed by atoms with Crippen LogP contribution in [-0.4, -0.2) is 22.7 Å². The molecule has 25 heavy (non-hydrogen) atoms. The Morgan fingerprint density at radius 3 is 2.44 bits per heavy atom. The van der Waals surface area contributed by atoms with Gasteiger partial charge in [0.2, 0.25) is 0 Å². The second kappa shape index (κ2) is 8.11. The normalized spacial score (nSPS) is 19.0. The van der Waals surface area contributed by atoms with Crippen LogP contribution in [0.1, 0.15) is 58.4 Å². The van der Waals surface area contributed by atoms with Crippen molar-refractivity contribution in [3.63, 3.8) is 0 Å². The maximum Gasteiger partial charge on any atom is 0.252 e. The Kier molecular flexibility index (Phi) is 6.58. The van der Waals surface area contributed by atoms with Gasteiger partial charge in [-0.05, 0) is 36.0 Å². The van der Waals surface area contributed by atoms with Gasteiger partial charge in [0.05, 0.1) is 6.04 Å². The lowest BCUT2D eigenvalue weighted by Crippen LogP contribution is -2.53. The van der Waals surface area contributed by atoms with E-state index in [0.29, 0.717) is 22.9 Å². The molecule has 2 N–H and O–H groups in total. The molecule has 2 rings (SSSR count). The monoisotopic (exact) mass is 383 g/mol. The molecule has 1 aliphatic rings. The number of carbonyl (C=O) groups excluding carboxylic acids is 1. The number of amides is 1. The van der Waals surface area contributed by atoms with Crippen LogP contribution in [0.2, 0.25) is 10.0 Å². The van der Waals surface area contributed by atoms with E-state index < -0.39 is 5.60 Å². The summed E-state index contributed by atoms with van der Waals surface area (Å²) in [6.45, 7) is 6.16. The van der Waals surface area contributed by atoms with Gasteiger partial charge in [-0.1, -0.05) is 81.5 Å². The summed E-state index contributed by atoms with van der Waals surface area (Å²) in [5.41, 5.74) is -0.602. The van der Waals surface area contributed by atoms with Crippen molar-refractivity contribution in [2.45, 2.75) is 64.5 Å². The van der Waals surface area contributed by atoms with Crippen LogP contribution in [0.3, 0.4) is 0 Å². The van der Waals surface area contributed by atoms with Crippen molar-refractivity contribution in [2.24, 2.45) is 5.41 Å². The summed E-state index contributed by atoms with van der Waals surface area (Å²) in [4.78, 5) is 12.7. The van der Waals surface area contributed by atoms with Gasteiger partial charge in [-0.15, -0.1) is 0 Å². The maximum absolute atomic E-state index is 12.7. The van der Waals surface area contributed by atoms with Crippen LogP contribution in [0.15, 0.2) is 24.3 Å². The molecule has 5 heteroatoms. The van der Waals surface area contributed by atoms with E-state index in [4.69, 9.17) is 23.2 Å². The molecule has 0 aromatic heterocycles. The van der Waals surface area contributed by atoms with Gasteiger partial charge in [-0.3, -0.25) is 4.79 Å². The Balaban J connectivity index is 2.16. The third kappa shape index (κ3) is 5.47. The Bertz CT molecular complexity index is 644. The average molecular weight is 384 g/mol. The van der Waals surface area contributed by atoms with Crippen LogP contribution in [0, 0.1) is 5.41 Å². The summed E-state index contributed by atoms with van der Waals surface area (Å²) in [7, 11) is 0. The smallest absolute Gasteiger partial charge is 0.252 e. The van der Waals surface area contributed by atoms with E-state index in [1.807, 2.05) is 18.2 Å². The molecule has 138 valence electrons. The molecule has 3 nitrogen and oxygen atoms in total. The molecule has 1 atom stereocenters. The van der Waals surface area contributed by atoms with E-state index in [0.717, 1.165) is 24.8 Å². The largest absolute Gasteiger partial charge is 0.380 e. The van der Waals surface area contributed by atoms with E-state index in [1.165, 1.54) is 0 Å². The zero-order valence-electron chi connectivity index (χ0n) is 15.1. The zero-order chi connectivity index (χ0) is 18.7. The van der Waals surface area contributed by atoms with E-state index in [2.05, 4.69) is 26.1 Å². The molecular formula is C20H27Cl2NO2. The Labute approximate surface area is 160 Å². The number of nitrogens with one attached hydrogen (secondary N) is 1. The van der Waals surface area contributed by atoms with E-state index in [-0.39, 0.29) is 17.4 Å². The number of hydrogen-bond donors (Lipinski definition) is 2. The summed E-state index contributed by atoms with van der Waals surface area (Å²) in [6, 6.07) is 5.09. The summed E-state index contributed by atoms with van der Waals surface area (Å²) in [5.74, 6) is -0.279. The van der Waals surface area contributed by atoms with Gasteiger partial charge in [-0.25, -0.2) is 0 Å². The third-order valence-electron chi connectivity index (χ3n) is 4.75. The van der Waals surface area contributed by atoms with Crippen LogP contribution in [-0.2, 0) is 4.79 Å². The van der Waals surface area contributed by atoms with Crippen molar-refractivity contribution in [3.8, 4) is 0 Å². The molecule has 0 spiro atoms. The van der Waals surface area contributed by atoms with E-state index in [1.54, 1.807) is 12.1 Å². The van der Waals surface area contributed by atoms with Crippen LogP contribution < -0.4 is 5.32 Å². The first-order valence-corrected chi connectivity index (χ1v) is 9.54. The first kappa shape index (κ1) is 20.3. The Morgan fingerprint density at radius 2 is 1.88 bits per heavy atom. The Hall–Kier alpha value is -1.03. The number of hydrogen-bond acceptors (Lipinski definition) is 2. The van der Waals surface area contributed by atoms with Crippen molar-refractivity contribution >= 4 is 35.2 Å². The van der Waals surface area contributed by atoms with Crippen molar-refractivity contribution < 1.29 is 9.90 Å². The van der Waals surface area contributed by atoms with Gasteiger partial charge in [0, 0.05) is 10.0 Å². The van der Waals surface area contributed by atoms with Crippen LogP contribution in [0.25, 0.3) is 6.08 Å². The topological polar surface area (TPSA) is 49.3 Å². The molecular weight excluding hydrogens is 357 g/mol. The molecule has 1 amide bonds. The minimum Gasteiger partial charge on any atom is -0.380 e. The number of carbonyl (C=O) groups is 1. The fourth-order valence-electron chi connectivity index (χ4n) is 3.03. The Morgan fingerprint density at radius 1 is 1.24 bits per heavy atom. The number of rotatable bonds is 4. The third-order valence-corrected chi connectivity index (χ3v) is 5.32. The number of halogens is 2. The first-order chi connectivity index (χ1) is 11.6. The predicted molar refractivity (Wildman–Crippen MR) is 105 cm³/mol. The minimum atomic E-state index is -1.24. The molecule has 1 aromatic carbocycles. The molecule has 0 radical (unpaired) electrons. The molecule has 1 saturated carbocycles. The highest BCUT2D eigenvalue weighted by Crippen LogP contribution is 2.30. The second-order valence-electron chi connectivity index (χ2n) is 7.93. The van der Waals surface area contributed by atoms with Gasteiger partial charge >= 0.3 is 0 Å². The highest BCUT2D eigenvalue weighted by atomic mass is 35.5. The van der Waals surface area contributed by atoms with Crippen molar-refractivity contribution in [2.75, 3.05) is 0 Å². The van der Waals surface area contributed by atoms with E-state index in [9.17, 15) is 9.90 Å². The summed E-state index contributed by atoms with van der Waals surface area (Å²) in [6.07, 6.45) is 7.73. The predicted octanol–water partition coefficient (Wildman–Crippen LogP) is 5.23. The van der Waals surface area contributed by atoms with Gasteiger partial charge < -0.3 is 10.4 Å². The molecule has 1 fully saturated rings. The van der Waals surface area contributed by atoms with E-state index >= 15 is 0 Å². The van der Waals surface area contributed by atoms with Gasteiger partial charge in [0.1, 0.15) is 5.60 Å². The lowest BCUT2D eigenvalue weighted by molar-refractivity contribution is -0.144. The van der Waals surface area contributed by atoms with Crippen molar-refractivity contribution in [1.29, 1.82) is 0 Å². The average Bonchev–Trinajstić information content (AvgIpc) is 2.52. The molecule has 1 unspecified atom stereocenters. The summed E-state index contributed by atoms with van der Waals surface area (Å²) in [5, 5.41) is 14.8. The van der Waals surface area contributed by atoms with Crippen LogP contribution in [0.5, 0.6) is 0 Å². The zero-order valence-corrected chi connectivity index (χ0v) is 16.6. The lowest BCUT2D eigenvalue weighted by Gasteiger charge is -2.35. The fraction of sp³-hybridized carbons (Fsp3) is 0.550. The van der Waals surface area contributed by atoms with Crippen LogP contribution >= 0.6 is 23.2 Å².